The van der Waals surface area contributed by atoms with Gasteiger partial charge in [0.25, 0.3) is 0 Å². The van der Waals surface area contributed by atoms with Crippen LogP contribution < -0.4 is 0 Å². The molecule has 0 amide bonds. The zero-order valence-corrected chi connectivity index (χ0v) is 8.00. The Labute approximate surface area is 80.3 Å². The van der Waals surface area contributed by atoms with E-state index in [-0.39, 0.29) is 12.4 Å². The van der Waals surface area contributed by atoms with Crippen molar-refractivity contribution in [3.8, 4) is 0 Å². The number of hydrogen-bond donors (Lipinski definition) is 1. The van der Waals surface area contributed by atoms with E-state index in [2.05, 4.69) is 4.74 Å². The van der Waals surface area contributed by atoms with Crippen molar-refractivity contribution in [3.63, 3.8) is 0 Å². The van der Waals surface area contributed by atoms with Crippen LogP contribution in [-0.2, 0) is 9.53 Å². The van der Waals surface area contributed by atoms with E-state index < -0.39 is 5.97 Å². The molecule has 0 aliphatic rings. The van der Waals surface area contributed by atoms with Gasteiger partial charge in [0.2, 0.25) is 5.76 Å². The standard InChI is InChI=1S/C9H10O3S/c1-2-12-9(11)8(10)6-7-4-3-5-13-7/h3-6,10H,2H2,1H3/b8-6+. The lowest BCUT2D eigenvalue weighted by Gasteiger charge is -1.98. The Morgan fingerprint density at radius 2 is 2.54 bits per heavy atom. The molecule has 1 rings (SSSR count). The molecular formula is C9H10O3S. The van der Waals surface area contributed by atoms with E-state index in [0.29, 0.717) is 0 Å². The van der Waals surface area contributed by atoms with Crippen LogP contribution in [-0.4, -0.2) is 17.7 Å². The predicted octanol–water partition coefficient (Wildman–Crippen LogP) is 2.21. The molecule has 0 aliphatic heterocycles. The summed E-state index contributed by atoms with van der Waals surface area (Å²) < 4.78 is 4.60. The first-order chi connectivity index (χ1) is 6.24. The third kappa shape index (κ3) is 2.91. The van der Waals surface area contributed by atoms with Gasteiger partial charge in [-0.1, -0.05) is 6.07 Å². The molecule has 0 spiro atoms. The Morgan fingerprint density at radius 3 is 3.08 bits per heavy atom. The van der Waals surface area contributed by atoms with E-state index in [0.717, 1.165) is 4.88 Å². The lowest BCUT2D eigenvalue weighted by atomic mass is 10.4. The number of ether oxygens (including phenoxy) is 1. The highest BCUT2D eigenvalue weighted by Gasteiger charge is 2.07. The Balaban J connectivity index is 2.66. The number of hydrogen-bond acceptors (Lipinski definition) is 4. The van der Waals surface area contributed by atoms with Gasteiger partial charge in [0.15, 0.2) is 0 Å². The molecule has 1 aromatic rings. The quantitative estimate of drug-likeness (QED) is 0.460. The van der Waals surface area contributed by atoms with E-state index in [1.165, 1.54) is 17.4 Å². The van der Waals surface area contributed by atoms with E-state index in [9.17, 15) is 9.90 Å². The Kier molecular flexibility index (Phi) is 3.52. The topological polar surface area (TPSA) is 46.5 Å². The van der Waals surface area contributed by atoms with Gasteiger partial charge < -0.3 is 9.84 Å². The molecule has 0 radical (unpaired) electrons. The van der Waals surface area contributed by atoms with Gasteiger partial charge in [-0.3, -0.25) is 0 Å². The Hall–Kier alpha value is -1.29. The highest BCUT2D eigenvalue weighted by molar-refractivity contribution is 7.10. The fraction of sp³-hybridized carbons (Fsp3) is 0.222. The van der Waals surface area contributed by atoms with Crippen molar-refractivity contribution in [2.45, 2.75) is 6.92 Å². The summed E-state index contributed by atoms with van der Waals surface area (Å²) in [5.74, 6) is -1.04. The first-order valence-electron chi connectivity index (χ1n) is 3.85. The molecular weight excluding hydrogens is 188 g/mol. The fourth-order valence-electron chi connectivity index (χ4n) is 0.772. The molecule has 1 heterocycles. The number of aliphatic hydroxyl groups is 1. The number of carbonyl (C=O) groups excluding carboxylic acids is 1. The SMILES string of the molecule is CCOC(=O)/C(O)=C\c1cccs1. The van der Waals surface area contributed by atoms with Crippen molar-refractivity contribution in [1.82, 2.24) is 0 Å². The molecule has 70 valence electrons. The van der Waals surface area contributed by atoms with Gasteiger partial charge in [-0.2, -0.15) is 0 Å². The van der Waals surface area contributed by atoms with Crippen LogP contribution in [0, 0.1) is 0 Å². The van der Waals surface area contributed by atoms with Crippen LogP contribution in [0.3, 0.4) is 0 Å². The summed E-state index contributed by atoms with van der Waals surface area (Å²) in [7, 11) is 0. The minimum Gasteiger partial charge on any atom is -0.502 e. The lowest BCUT2D eigenvalue weighted by molar-refractivity contribution is -0.141. The normalized spacial score (nSPS) is 11.3. The maximum Gasteiger partial charge on any atom is 0.373 e. The number of aliphatic hydroxyl groups excluding tert-OH is 1. The molecule has 1 aromatic heterocycles. The maximum absolute atomic E-state index is 10.9. The molecule has 1 N–H and O–H groups in total. The second-order valence-corrected chi connectivity index (χ2v) is 3.24. The zero-order chi connectivity index (χ0) is 9.68. The molecule has 0 atom stereocenters. The molecule has 0 bridgehead atoms. The van der Waals surface area contributed by atoms with Gasteiger partial charge in [0.1, 0.15) is 0 Å². The van der Waals surface area contributed by atoms with Crippen molar-refractivity contribution in [2.24, 2.45) is 0 Å². The van der Waals surface area contributed by atoms with Crippen LogP contribution in [0.2, 0.25) is 0 Å². The smallest absolute Gasteiger partial charge is 0.373 e. The summed E-state index contributed by atoms with van der Waals surface area (Å²) in [6.07, 6.45) is 1.39. The zero-order valence-electron chi connectivity index (χ0n) is 7.19. The first kappa shape index (κ1) is 9.80. The van der Waals surface area contributed by atoms with E-state index in [1.807, 2.05) is 11.4 Å². The monoisotopic (exact) mass is 198 g/mol. The van der Waals surface area contributed by atoms with Crippen molar-refractivity contribution in [1.29, 1.82) is 0 Å². The average Bonchev–Trinajstić information content (AvgIpc) is 2.57. The van der Waals surface area contributed by atoms with E-state index in [4.69, 9.17) is 0 Å². The first-order valence-corrected chi connectivity index (χ1v) is 4.73. The van der Waals surface area contributed by atoms with Gasteiger partial charge in [-0.25, -0.2) is 4.79 Å². The average molecular weight is 198 g/mol. The molecule has 4 heteroatoms. The summed E-state index contributed by atoms with van der Waals surface area (Å²) in [5.41, 5.74) is 0. The summed E-state index contributed by atoms with van der Waals surface area (Å²) in [6, 6.07) is 3.65. The molecule has 0 saturated carbocycles. The van der Waals surface area contributed by atoms with Gasteiger partial charge in [-0.15, -0.1) is 11.3 Å². The number of thiophene rings is 1. The van der Waals surface area contributed by atoms with Crippen molar-refractivity contribution in [2.75, 3.05) is 6.61 Å². The van der Waals surface area contributed by atoms with Crippen molar-refractivity contribution >= 4 is 23.4 Å². The van der Waals surface area contributed by atoms with Crippen molar-refractivity contribution < 1.29 is 14.6 Å². The summed E-state index contributed by atoms with van der Waals surface area (Å²) in [6.45, 7) is 1.96. The van der Waals surface area contributed by atoms with Gasteiger partial charge in [0, 0.05) is 11.0 Å². The highest BCUT2D eigenvalue weighted by Crippen LogP contribution is 2.12. The maximum atomic E-state index is 10.9. The summed E-state index contributed by atoms with van der Waals surface area (Å²) in [5, 5.41) is 11.1. The molecule has 13 heavy (non-hydrogen) atoms. The van der Waals surface area contributed by atoms with Crippen LogP contribution in [0.1, 0.15) is 11.8 Å². The van der Waals surface area contributed by atoms with Crippen LogP contribution in [0.15, 0.2) is 23.3 Å². The van der Waals surface area contributed by atoms with E-state index >= 15 is 0 Å². The fourth-order valence-corrected chi connectivity index (χ4v) is 1.42. The van der Waals surface area contributed by atoms with Crippen LogP contribution >= 0.6 is 11.3 Å². The van der Waals surface area contributed by atoms with Gasteiger partial charge >= 0.3 is 5.97 Å². The summed E-state index contributed by atoms with van der Waals surface area (Å²) >= 11 is 1.44. The van der Waals surface area contributed by atoms with Crippen molar-refractivity contribution in [3.05, 3.63) is 28.1 Å². The molecule has 0 fully saturated rings. The third-order valence-electron chi connectivity index (χ3n) is 1.31. The van der Waals surface area contributed by atoms with Crippen LogP contribution in [0.5, 0.6) is 0 Å². The molecule has 0 aliphatic carbocycles. The lowest BCUT2D eigenvalue weighted by Crippen LogP contribution is -2.06. The van der Waals surface area contributed by atoms with Crippen LogP contribution in [0.25, 0.3) is 6.08 Å². The second kappa shape index (κ2) is 4.67. The van der Waals surface area contributed by atoms with Gasteiger partial charge in [-0.05, 0) is 18.4 Å². The molecule has 0 aromatic carbocycles. The molecule has 0 unspecified atom stereocenters. The highest BCUT2D eigenvalue weighted by atomic mass is 32.1. The summed E-state index contributed by atoms with van der Waals surface area (Å²) in [4.78, 5) is 11.8. The largest absolute Gasteiger partial charge is 0.502 e. The predicted molar refractivity (Wildman–Crippen MR) is 51.6 cm³/mol. The number of rotatable bonds is 3. The Morgan fingerprint density at radius 1 is 1.77 bits per heavy atom. The number of esters is 1. The van der Waals surface area contributed by atoms with E-state index in [1.54, 1.807) is 13.0 Å². The second-order valence-electron chi connectivity index (χ2n) is 2.27. The van der Waals surface area contributed by atoms with Crippen LogP contribution in [0.4, 0.5) is 0 Å². The minimum absolute atomic E-state index is 0.265. The number of carbonyl (C=O) groups is 1. The third-order valence-corrected chi connectivity index (χ3v) is 2.13. The minimum atomic E-state index is -0.684. The molecule has 3 nitrogen and oxygen atoms in total. The molecule has 0 saturated heterocycles. The Bertz CT molecular complexity index is 301. The van der Waals surface area contributed by atoms with Gasteiger partial charge in [0.05, 0.1) is 6.61 Å².